The molecule has 0 aliphatic rings. The van der Waals surface area contributed by atoms with Crippen molar-refractivity contribution >= 4 is 27.8 Å². The number of rotatable bonds is 1. The molecule has 5 aromatic rings. The quantitative estimate of drug-likeness (QED) is 0.361. The van der Waals surface area contributed by atoms with E-state index in [1.54, 1.807) is 0 Å². The van der Waals surface area contributed by atoms with Crippen LogP contribution in [0.25, 0.3) is 33.8 Å². The highest BCUT2D eigenvalue weighted by Gasteiger charge is 2.31. The lowest BCUT2D eigenvalue weighted by atomic mass is 9.96. The SMILES string of the molecule is Cc1c(C)c(C)c2c(nc3n(-c4n(C)nc(C)[n+]4C)c4c(C)c(C)c(C)c(C)c4n23)c1C. The van der Waals surface area contributed by atoms with E-state index >= 15 is 0 Å². The van der Waals surface area contributed by atoms with Crippen LogP contribution in [-0.4, -0.2) is 23.7 Å². The molecule has 0 aliphatic heterocycles. The van der Waals surface area contributed by atoms with E-state index in [1.165, 1.54) is 61.1 Å². The van der Waals surface area contributed by atoms with Gasteiger partial charge in [0.05, 0.1) is 30.6 Å². The van der Waals surface area contributed by atoms with E-state index in [0.717, 1.165) is 23.1 Å². The smallest absolute Gasteiger partial charge is 0.265 e. The normalized spacial score (nSPS) is 12.2. The molecular weight excluding hydrogens is 396 g/mol. The summed E-state index contributed by atoms with van der Waals surface area (Å²) in [4.78, 5) is 5.30. The van der Waals surface area contributed by atoms with Crippen LogP contribution in [0.15, 0.2) is 0 Å². The molecule has 2 aromatic carbocycles. The third kappa shape index (κ3) is 2.27. The van der Waals surface area contributed by atoms with Gasteiger partial charge in [-0.3, -0.25) is 4.40 Å². The summed E-state index contributed by atoms with van der Waals surface area (Å²) in [5.41, 5.74) is 15.3. The number of hydrogen-bond acceptors (Lipinski definition) is 2. The van der Waals surface area contributed by atoms with Crippen molar-refractivity contribution in [3.05, 3.63) is 50.3 Å². The number of benzene rings is 2. The first-order chi connectivity index (χ1) is 15.0. The lowest BCUT2D eigenvalue weighted by Crippen LogP contribution is -2.35. The third-order valence-electron chi connectivity index (χ3n) is 8.10. The van der Waals surface area contributed by atoms with Crippen LogP contribution in [0.1, 0.15) is 50.3 Å². The molecule has 6 nitrogen and oxygen atoms in total. The first-order valence-electron chi connectivity index (χ1n) is 11.3. The highest BCUT2D eigenvalue weighted by atomic mass is 15.5. The minimum Gasteiger partial charge on any atom is -0.265 e. The van der Waals surface area contributed by atoms with Crippen molar-refractivity contribution in [2.75, 3.05) is 0 Å². The summed E-state index contributed by atoms with van der Waals surface area (Å²) in [5.74, 6) is 2.92. The van der Waals surface area contributed by atoms with Gasteiger partial charge in [0.1, 0.15) is 5.52 Å². The maximum atomic E-state index is 5.30. The Hall–Kier alpha value is -3.15. The largest absolute Gasteiger partial charge is 0.358 e. The number of fused-ring (bicyclic) bond motifs is 5. The van der Waals surface area contributed by atoms with Crippen LogP contribution in [0.3, 0.4) is 0 Å². The molecule has 0 spiro atoms. The fraction of sp³-hybridized carbons (Fsp3) is 0.423. The van der Waals surface area contributed by atoms with Gasteiger partial charge in [-0.2, -0.15) is 4.57 Å². The van der Waals surface area contributed by atoms with Crippen LogP contribution in [0, 0.1) is 62.3 Å². The van der Waals surface area contributed by atoms with Crippen LogP contribution in [-0.2, 0) is 14.1 Å². The average molecular weight is 430 g/mol. The first kappa shape index (κ1) is 20.7. The number of nitrogens with zero attached hydrogens (tertiary/aromatic N) is 6. The molecule has 0 saturated heterocycles. The molecule has 0 unspecified atom stereocenters. The van der Waals surface area contributed by atoms with Gasteiger partial charge < -0.3 is 0 Å². The van der Waals surface area contributed by atoms with Gasteiger partial charge in [-0.25, -0.2) is 9.55 Å². The molecule has 0 aliphatic carbocycles. The zero-order valence-corrected chi connectivity index (χ0v) is 21.2. The molecule has 3 heterocycles. The molecule has 0 amide bonds. The van der Waals surface area contributed by atoms with Crippen LogP contribution < -0.4 is 4.57 Å². The predicted octanol–water partition coefficient (Wildman–Crippen LogP) is 4.77. The van der Waals surface area contributed by atoms with Crippen molar-refractivity contribution in [3.63, 3.8) is 0 Å². The van der Waals surface area contributed by atoms with Crippen LogP contribution >= 0.6 is 0 Å². The molecule has 0 fully saturated rings. The van der Waals surface area contributed by atoms with Gasteiger partial charge in [-0.05, 0) is 105 Å². The Morgan fingerprint density at radius 1 is 0.625 bits per heavy atom. The van der Waals surface area contributed by atoms with E-state index in [9.17, 15) is 0 Å². The Labute approximate surface area is 189 Å². The maximum absolute atomic E-state index is 5.30. The number of aryl methyl sites for hydroxylation is 6. The highest BCUT2D eigenvalue weighted by Crippen LogP contribution is 2.38. The van der Waals surface area contributed by atoms with Crippen LogP contribution in [0.2, 0.25) is 0 Å². The maximum Gasteiger partial charge on any atom is 0.358 e. The van der Waals surface area contributed by atoms with E-state index < -0.39 is 0 Å². The lowest BCUT2D eigenvalue weighted by Gasteiger charge is -2.13. The summed E-state index contributed by atoms with van der Waals surface area (Å²) < 4.78 is 8.83. The van der Waals surface area contributed by atoms with Crippen molar-refractivity contribution in [2.45, 2.75) is 62.3 Å². The zero-order chi connectivity index (χ0) is 23.4. The standard InChI is InChI=1S/C26H33N6/c1-12-13(2)17(6)22-21(16(12)5)27-25-31(22)23-18(7)14(3)15(4)19(8)24(23)32(25)26-29(10)20(9)28-30(26)11/h1-11H3/q+1. The van der Waals surface area contributed by atoms with Gasteiger partial charge in [0.15, 0.2) is 0 Å². The van der Waals surface area contributed by atoms with E-state index in [2.05, 4.69) is 76.0 Å². The Kier molecular flexibility index (Phi) is 4.17. The first-order valence-corrected chi connectivity index (χ1v) is 11.3. The molecule has 0 N–H and O–H groups in total. The summed E-state index contributed by atoms with van der Waals surface area (Å²) in [5, 5.41) is 4.71. The molecule has 6 heteroatoms. The fourth-order valence-corrected chi connectivity index (χ4v) is 5.39. The van der Waals surface area contributed by atoms with Gasteiger partial charge >= 0.3 is 5.95 Å². The lowest BCUT2D eigenvalue weighted by molar-refractivity contribution is -0.672. The Bertz CT molecular complexity index is 1620. The van der Waals surface area contributed by atoms with Crippen LogP contribution in [0.4, 0.5) is 0 Å². The summed E-state index contributed by atoms with van der Waals surface area (Å²) in [6.45, 7) is 19.9. The molecule has 0 saturated carbocycles. The average Bonchev–Trinajstić information content (AvgIpc) is 3.36. The molecule has 5 rings (SSSR count). The van der Waals surface area contributed by atoms with Gasteiger partial charge in [0.25, 0.3) is 5.78 Å². The van der Waals surface area contributed by atoms with E-state index in [-0.39, 0.29) is 0 Å². The molecule has 166 valence electrons. The fourth-order valence-electron chi connectivity index (χ4n) is 5.39. The predicted molar refractivity (Wildman–Crippen MR) is 130 cm³/mol. The zero-order valence-electron chi connectivity index (χ0n) is 21.2. The minimum absolute atomic E-state index is 0.945. The Morgan fingerprint density at radius 3 is 1.66 bits per heavy atom. The Balaban J connectivity index is 2.20. The molecule has 3 aromatic heterocycles. The van der Waals surface area contributed by atoms with Crippen molar-refractivity contribution < 1.29 is 4.57 Å². The van der Waals surface area contributed by atoms with Crippen molar-refractivity contribution in [1.29, 1.82) is 0 Å². The van der Waals surface area contributed by atoms with E-state index in [1.807, 2.05) is 18.7 Å². The Morgan fingerprint density at radius 2 is 1.12 bits per heavy atom. The highest BCUT2D eigenvalue weighted by molar-refractivity contribution is 5.98. The number of aromatic nitrogens is 6. The molecule has 0 radical (unpaired) electrons. The summed E-state index contributed by atoms with van der Waals surface area (Å²) in [7, 11) is 4.10. The van der Waals surface area contributed by atoms with Gasteiger partial charge in [0.2, 0.25) is 5.82 Å². The monoisotopic (exact) mass is 429 g/mol. The number of imidazole rings is 2. The molecule has 0 bridgehead atoms. The van der Waals surface area contributed by atoms with Crippen molar-refractivity contribution in [1.82, 2.24) is 23.7 Å². The van der Waals surface area contributed by atoms with Crippen molar-refractivity contribution in [2.24, 2.45) is 14.1 Å². The molecule has 0 atom stereocenters. The topological polar surface area (TPSA) is 43.9 Å². The summed E-state index contributed by atoms with van der Waals surface area (Å²) >= 11 is 0. The molecular formula is C26H33N6+. The molecule has 32 heavy (non-hydrogen) atoms. The van der Waals surface area contributed by atoms with Crippen molar-refractivity contribution in [3.8, 4) is 5.95 Å². The van der Waals surface area contributed by atoms with E-state index in [0.29, 0.717) is 0 Å². The second-order valence-electron chi connectivity index (χ2n) is 9.51. The van der Waals surface area contributed by atoms with Crippen LogP contribution in [0.5, 0.6) is 0 Å². The number of hydrogen-bond donors (Lipinski definition) is 0. The minimum atomic E-state index is 0.945. The summed E-state index contributed by atoms with van der Waals surface area (Å²) in [6, 6.07) is 0. The third-order valence-corrected chi connectivity index (χ3v) is 8.10. The summed E-state index contributed by atoms with van der Waals surface area (Å²) in [6.07, 6.45) is 0. The van der Waals surface area contributed by atoms with E-state index in [4.69, 9.17) is 10.1 Å². The second kappa shape index (κ2) is 6.44. The van der Waals surface area contributed by atoms with Gasteiger partial charge in [0, 0.05) is 6.92 Å². The van der Waals surface area contributed by atoms with Gasteiger partial charge in [-0.15, -0.1) is 4.68 Å². The van der Waals surface area contributed by atoms with Gasteiger partial charge in [-0.1, -0.05) is 0 Å². The second-order valence-corrected chi connectivity index (χ2v) is 9.51.